The van der Waals surface area contributed by atoms with Gasteiger partial charge in [-0.1, -0.05) is 0 Å². The van der Waals surface area contributed by atoms with Crippen molar-refractivity contribution in [2.45, 2.75) is 24.2 Å². The summed E-state index contributed by atoms with van der Waals surface area (Å²) >= 11 is 0. The van der Waals surface area contributed by atoms with E-state index in [1.165, 1.54) is 27.4 Å². The Morgan fingerprint density at radius 3 is 2.56 bits per heavy atom. The zero-order valence-corrected chi connectivity index (χ0v) is 15.5. The standard InChI is InChI=1S/C19H18N2O5S/c1-20-16-7-5-15(10-14(16)11-18(20)22)27(25,26)21-8-2-3-12-9-13(19(23)24)4-6-17(12)21/h4-7,9-10H,2-3,8,11H2,1H3,(H,23,24). The topological polar surface area (TPSA) is 95.0 Å². The van der Waals surface area contributed by atoms with E-state index in [-0.39, 0.29) is 22.8 Å². The molecule has 0 atom stereocenters. The maximum atomic E-state index is 13.2. The van der Waals surface area contributed by atoms with E-state index in [4.69, 9.17) is 5.11 Å². The fraction of sp³-hybridized carbons (Fsp3) is 0.263. The fourth-order valence-electron chi connectivity index (χ4n) is 3.68. The predicted octanol–water partition coefficient (Wildman–Crippen LogP) is 2.05. The van der Waals surface area contributed by atoms with E-state index in [0.717, 1.165) is 5.69 Å². The van der Waals surface area contributed by atoms with Crippen LogP contribution >= 0.6 is 0 Å². The minimum Gasteiger partial charge on any atom is -0.478 e. The number of rotatable bonds is 3. The maximum absolute atomic E-state index is 13.2. The molecule has 2 aliphatic rings. The highest BCUT2D eigenvalue weighted by atomic mass is 32.2. The highest BCUT2D eigenvalue weighted by Gasteiger charge is 2.32. The second-order valence-corrected chi connectivity index (χ2v) is 8.61. The number of fused-ring (bicyclic) bond motifs is 2. The van der Waals surface area contributed by atoms with Gasteiger partial charge in [-0.05, 0) is 60.4 Å². The van der Waals surface area contributed by atoms with Gasteiger partial charge in [-0.15, -0.1) is 0 Å². The average Bonchev–Trinajstić information content (AvgIpc) is 2.94. The third kappa shape index (κ3) is 2.76. The summed E-state index contributed by atoms with van der Waals surface area (Å²) in [6.45, 7) is 0.331. The van der Waals surface area contributed by atoms with Gasteiger partial charge in [0, 0.05) is 19.3 Å². The number of sulfonamides is 1. The van der Waals surface area contributed by atoms with E-state index in [1.54, 1.807) is 25.2 Å². The van der Waals surface area contributed by atoms with Gasteiger partial charge in [-0.2, -0.15) is 0 Å². The zero-order chi connectivity index (χ0) is 19.3. The molecule has 4 rings (SSSR count). The summed E-state index contributed by atoms with van der Waals surface area (Å²) in [7, 11) is -2.14. The molecule has 1 N–H and O–H groups in total. The number of nitrogens with zero attached hydrogens (tertiary/aromatic N) is 2. The first kappa shape index (κ1) is 17.5. The van der Waals surface area contributed by atoms with Crippen LogP contribution in [-0.2, 0) is 27.7 Å². The van der Waals surface area contributed by atoms with Gasteiger partial charge in [0.2, 0.25) is 5.91 Å². The van der Waals surface area contributed by atoms with E-state index in [2.05, 4.69) is 0 Å². The van der Waals surface area contributed by atoms with Gasteiger partial charge in [0.25, 0.3) is 10.0 Å². The third-order valence-corrected chi connectivity index (χ3v) is 6.93. The van der Waals surface area contributed by atoms with Crippen LogP contribution in [0.1, 0.15) is 27.9 Å². The normalized spacial score (nSPS) is 16.3. The van der Waals surface area contributed by atoms with Crippen LogP contribution in [0, 0.1) is 0 Å². The lowest BCUT2D eigenvalue weighted by atomic mass is 10.0. The van der Waals surface area contributed by atoms with Gasteiger partial charge in [0.1, 0.15) is 0 Å². The number of hydrogen-bond acceptors (Lipinski definition) is 4. The van der Waals surface area contributed by atoms with Crippen LogP contribution in [0.25, 0.3) is 0 Å². The lowest BCUT2D eigenvalue weighted by molar-refractivity contribution is -0.117. The molecule has 2 heterocycles. The number of carbonyl (C=O) groups excluding carboxylic acids is 1. The second kappa shape index (κ2) is 6.09. The Kier molecular flexibility index (Phi) is 3.96. The van der Waals surface area contributed by atoms with E-state index in [0.29, 0.717) is 36.2 Å². The smallest absolute Gasteiger partial charge is 0.335 e. The van der Waals surface area contributed by atoms with Crippen molar-refractivity contribution in [3.8, 4) is 0 Å². The quantitative estimate of drug-likeness (QED) is 0.871. The van der Waals surface area contributed by atoms with Gasteiger partial charge in [-0.3, -0.25) is 9.10 Å². The molecule has 0 unspecified atom stereocenters. The number of benzene rings is 2. The number of anilines is 2. The number of carbonyl (C=O) groups is 2. The Morgan fingerprint density at radius 2 is 1.81 bits per heavy atom. The average molecular weight is 386 g/mol. The van der Waals surface area contributed by atoms with Crippen molar-refractivity contribution in [2.75, 3.05) is 22.8 Å². The molecule has 0 radical (unpaired) electrons. The van der Waals surface area contributed by atoms with Crippen molar-refractivity contribution >= 4 is 33.3 Å². The maximum Gasteiger partial charge on any atom is 0.335 e. The molecule has 0 spiro atoms. The summed E-state index contributed by atoms with van der Waals surface area (Å²) in [6.07, 6.45) is 1.43. The Morgan fingerprint density at radius 1 is 1.07 bits per heavy atom. The molecular weight excluding hydrogens is 368 g/mol. The molecule has 0 aromatic heterocycles. The molecule has 7 nitrogen and oxygen atoms in total. The molecule has 0 saturated carbocycles. The molecule has 0 bridgehead atoms. The van der Waals surface area contributed by atoms with Gasteiger partial charge in [-0.25, -0.2) is 13.2 Å². The van der Waals surface area contributed by atoms with Crippen molar-refractivity contribution in [2.24, 2.45) is 0 Å². The molecule has 2 aromatic carbocycles. The Balaban J connectivity index is 1.76. The van der Waals surface area contributed by atoms with Crippen LogP contribution in [-0.4, -0.2) is 39.0 Å². The number of carboxylic acids is 1. The Labute approximate surface area is 156 Å². The number of hydrogen-bond donors (Lipinski definition) is 1. The zero-order valence-electron chi connectivity index (χ0n) is 14.7. The summed E-state index contributed by atoms with van der Waals surface area (Å²) < 4.78 is 27.8. The summed E-state index contributed by atoms with van der Waals surface area (Å²) in [4.78, 5) is 24.7. The van der Waals surface area contributed by atoms with E-state index >= 15 is 0 Å². The van der Waals surface area contributed by atoms with Crippen molar-refractivity contribution in [3.05, 3.63) is 53.1 Å². The predicted molar refractivity (Wildman–Crippen MR) is 99.8 cm³/mol. The number of aryl methyl sites for hydroxylation is 1. The van der Waals surface area contributed by atoms with Crippen LogP contribution < -0.4 is 9.21 Å². The van der Waals surface area contributed by atoms with Crippen molar-refractivity contribution < 1.29 is 23.1 Å². The minimum atomic E-state index is -3.81. The lowest BCUT2D eigenvalue weighted by Gasteiger charge is -2.30. The highest BCUT2D eigenvalue weighted by Crippen LogP contribution is 2.35. The second-order valence-electron chi connectivity index (χ2n) is 6.75. The fourth-order valence-corrected chi connectivity index (χ4v) is 5.27. The van der Waals surface area contributed by atoms with Crippen molar-refractivity contribution in [1.29, 1.82) is 0 Å². The minimum absolute atomic E-state index is 0.0657. The molecule has 1 amide bonds. The highest BCUT2D eigenvalue weighted by molar-refractivity contribution is 7.92. The van der Waals surface area contributed by atoms with Gasteiger partial charge in [0.15, 0.2) is 0 Å². The summed E-state index contributed by atoms with van der Waals surface area (Å²) in [5.41, 5.74) is 2.79. The number of amides is 1. The SMILES string of the molecule is CN1C(=O)Cc2cc(S(=O)(=O)N3CCCc4cc(C(=O)O)ccc43)ccc21. The summed E-state index contributed by atoms with van der Waals surface area (Å²) in [5.74, 6) is -1.10. The Bertz CT molecular complexity index is 1080. The van der Waals surface area contributed by atoms with Gasteiger partial charge < -0.3 is 10.0 Å². The summed E-state index contributed by atoms with van der Waals surface area (Å²) in [6, 6.07) is 9.25. The largest absolute Gasteiger partial charge is 0.478 e. The van der Waals surface area contributed by atoms with E-state index < -0.39 is 16.0 Å². The summed E-state index contributed by atoms with van der Waals surface area (Å²) in [5, 5.41) is 9.16. The number of aromatic carboxylic acids is 1. The molecule has 140 valence electrons. The van der Waals surface area contributed by atoms with Gasteiger partial charge in [0.05, 0.1) is 22.6 Å². The first-order valence-electron chi connectivity index (χ1n) is 8.57. The monoisotopic (exact) mass is 386 g/mol. The molecule has 2 aliphatic heterocycles. The first-order chi connectivity index (χ1) is 12.8. The van der Waals surface area contributed by atoms with Crippen molar-refractivity contribution in [1.82, 2.24) is 0 Å². The number of carboxylic acid groups (broad SMARTS) is 1. The van der Waals surface area contributed by atoms with Crippen LogP contribution in [0.15, 0.2) is 41.3 Å². The van der Waals surface area contributed by atoms with E-state index in [1.807, 2.05) is 0 Å². The van der Waals surface area contributed by atoms with Crippen molar-refractivity contribution in [3.63, 3.8) is 0 Å². The lowest BCUT2D eigenvalue weighted by Crippen LogP contribution is -2.35. The molecule has 0 fully saturated rings. The third-order valence-electron chi connectivity index (χ3n) is 5.12. The van der Waals surface area contributed by atoms with E-state index in [9.17, 15) is 18.0 Å². The number of likely N-dealkylation sites (N-methyl/N-ethyl adjacent to an activating group) is 1. The Hall–Kier alpha value is -2.87. The first-order valence-corrected chi connectivity index (χ1v) is 10.0. The molecule has 2 aromatic rings. The molecule has 8 heteroatoms. The molecule has 27 heavy (non-hydrogen) atoms. The molecule has 0 aliphatic carbocycles. The van der Waals surface area contributed by atoms with Crippen LogP contribution in [0.2, 0.25) is 0 Å². The molecule has 0 saturated heterocycles. The van der Waals surface area contributed by atoms with Gasteiger partial charge >= 0.3 is 5.97 Å². The van der Waals surface area contributed by atoms with Crippen LogP contribution in [0.4, 0.5) is 11.4 Å². The molecular formula is C19H18N2O5S. The van der Waals surface area contributed by atoms with Crippen LogP contribution in [0.3, 0.4) is 0 Å². The van der Waals surface area contributed by atoms with Crippen LogP contribution in [0.5, 0.6) is 0 Å².